The molecule has 1 aromatic heterocycles. The van der Waals surface area contributed by atoms with Gasteiger partial charge in [0.2, 0.25) is 5.76 Å². The van der Waals surface area contributed by atoms with Gasteiger partial charge in [-0.25, -0.2) is 4.79 Å². The van der Waals surface area contributed by atoms with E-state index in [0.717, 1.165) is 10.9 Å². The third kappa shape index (κ3) is 3.38. The minimum absolute atomic E-state index is 0.0843. The van der Waals surface area contributed by atoms with E-state index in [9.17, 15) is 4.79 Å². The van der Waals surface area contributed by atoms with Gasteiger partial charge in [0.1, 0.15) is 18.1 Å². The highest BCUT2D eigenvalue weighted by atomic mass is 79.9. The van der Waals surface area contributed by atoms with Crippen LogP contribution >= 0.6 is 15.9 Å². The monoisotopic (exact) mass is 324 g/mol. The molecule has 0 bridgehead atoms. The zero-order valence-electron chi connectivity index (χ0n) is 10.4. The van der Waals surface area contributed by atoms with Crippen LogP contribution in [-0.4, -0.2) is 11.1 Å². The van der Waals surface area contributed by atoms with Crippen LogP contribution in [0.1, 0.15) is 28.8 Å². The van der Waals surface area contributed by atoms with Gasteiger partial charge < -0.3 is 14.3 Å². The molecule has 1 heterocycles. The van der Waals surface area contributed by atoms with E-state index in [-0.39, 0.29) is 12.4 Å². The number of hydrogen-bond acceptors (Lipinski definition) is 3. The van der Waals surface area contributed by atoms with Gasteiger partial charge >= 0.3 is 5.97 Å². The number of furan rings is 1. The molecule has 0 atom stereocenters. The summed E-state index contributed by atoms with van der Waals surface area (Å²) in [6.07, 6.45) is 0.957. The SMILES string of the molecule is CCc1ccc(OCc2ccc(C(=O)O)o2)c(Br)c1. The van der Waals surface area contributed by atoms with Gasteiger partial charge in [-0.1, -0.05) is 13.0 Å². The van der Waals surface area contributed by atoms with Gasteiger partial charge in [0, 0.05) is 0 Å². The Kier molecular flexibility index (Phi) is 4.27. The number of ether oxygens (including phenoxy) is 1. The number of aryl methyl sites for hydroxylation is 1. The molecule has 0 amide bonds. The second-order valence-corrected chi connectivity index (χ2v) is 4.83. The van der Waals surface area contributed by atoms with Crippen LogP contribution in [0.3, 0.4) is 0 Å². The molecule has 0 aliphatic heterocycles. The third-order valence-corrected chi connectivity index (χ3v) is 3.27. The predicted molar refractivity (Wildman–Crippen MR) is 73.5 cm³/mol. The Labute approximate surface area is 119 Å². The molecule has 0 aliphatic rings. The fraction of sp³-hybridized carbons (Fsp3) is 0.214. The van der Waals surface area contributed by atoms with E-state index in [0.29, 0.717) is 11.5 Å². The summed E-state index contributed by atoms with van der Waals surface area (Å²) < 4.78 is 11.6. The molecule has 0 unspecified atom stereocenters. The number of aromatic carboxylic acids is 1. The first kappa shape index (κ1) is 13.7. The Morgan fingerprint density at radius 1 is 1.37 bits per heavy atom. The average molecular weight is 325 g/mol. The first-order chi connectivity index (χ1) is 9.10. The lowest BCUT2D eigenvalue weighted by atomic mass is 10.2. The maximum Gasteiger partial charge on any atom is 0.371 e. The van der Waals surface area contributed by atoms with Crippen molar-refractivity contribution in [2.24, 2.45) is 0 Å². The molecule has 2 aromatic rings. The quantitative estimate of drug-likeness (QED) is 0.906. The number of rotatable bonds is 5. The zero-order valence-corrected chi connectivity index (χ0v) is 11.9. The predicted octanol–water partition coefficient (Wildman–Crippen LogP) is 3.88. The molecule has 1 N–H and O–H groups in total. The summed E-state index contributed by atoms with van der Waals surface area (Å²) in [6.45, 7) is 2.27. The summed E-state index contributed by atoms with van der Waals surface area (Å²) in [5, 5.41) is 8.74. The summed E-state index contributed by atoms with van der Waals surface area (Å²) in [7, 11) is 0. The summed E-state index contributed by atoms with van der Waals surface area (Å²) in [4.78, 5) is 10.7. The minimum Gasteiger partial charge on any atom is -0.484 e. The van der Waals surface area contributed by atoms with Gasteiger partial charge in [0.05, 0.1) is 4.47 Å². The van der Waals surface area contributed by atoms with Gasteiger partial charge in [-0.05, 0) is 52.2 Å². The molecule has 2 rings (SSSR count). The van der Waals surface area contributed by atoms with Crippen LogP contribution < -0.4 is 4.74 Å². The smallest absolute Gasteiger partial charge is 0.371 e. The molecular weight excluding hydrogens is 312 g/mol. The van der Waals surface area contributed by atoms with E-state index >= 15 is 0 Å². The van der Waals surface area contributed by atoms with Crippen molar-refractivity contribution in [1.29, 1.82) is 0 Å². The molecule has 4 nitrogen and oxygen atoms in total. The highest BCUT2D eigenvalue weighted by Gasteiger charge is 2.10. The molecular formula is C14H13BrO4. The highest BCUT2D eigenvalue weighted by molar-refractivity contribution is 9.10. The minimum atomic E-state index is -1.08. The summed E-state index contributed by atoms with van der Waals surface area (Å²) in [6, 6.07) is 8.88. The molecule has 1 aromatic carbocycles. The van der Waals surface area contributed by atoms with Crippen LogP contribution in [-0.2, 0) is 13.0 Å². The normalized spacial score (nSPS) is 10.4. The first-order valence-corrected chi connectivity index (χ1v) is 6.62. The Morgan fingerprint density at radius 3 is 2.74 bits per heavy atom. The maximum absolute atomic E-state index is 10.7. The molecule has 0 saturated heterocycles. The Balaban J connectivity index is 2.03. The van der Waals surface area contributed by atoms with Crippen LogP contribution in [0.2, 0.25) is 0 Å². The molecule has 19 heavy (non-hydrogen) atoms. The molecule has 5 heteroatoms. The van der Waals surface area contributed by atoms with Crippen molar-refractivity contribution < 1.29 is 19.1 Å². The Bertz CT molecular complexity index is 589. The van der Waals surface area contributed by atoms with Crippen molar-refractivity contribution >= 4 is 21.9 Å². The Hall–Kier alpha value is -1.75. The summed E-state index contributed by atoms with van der Waals surface area (Å²) >= 11 is 3.44. The second kappa shape index (κ2) is 5.93. The average Bonchev–Trinajstić information content (AvgIpc) is 2.86. The van der Waals surface area contributed by atoms with Crippen LogP contribution in [0, 0.1) is 0 Å². The van der Waals surface area contributed by atoms with Crippen molar-refractivity contribution in [2.45, 2.75) is 20.0 Å². The second-order valence-electron chi connectivity index (χ2n) is 3.98. The van der Waals surface area contributed by atoms with E-state index in [1.54, 1.807) is 6.07 Å². The fourth-order valence-electron chi connectivity index (χ4n) is 1.60. The lowest BCUT2D eigenvalue weighted by molar-refractivity contribution is 0.0658. The molecule has 0 aliphatic carbocycles. The largest absolute Gasteiger partial charge is 0.484 e. The first-order valence-electron chi connectivity index (χ1n) is 5.83. The van der Waals surface area contributed by atoms with Crippen molar-refractivity contribution in [3.63, 3.8) is 0 Å². The van der Waals surface area contributed by atoms with E-state index in [1.165, 1.54) is 11.6 Å². The van der Waals surface area contributed by atoms with Crippen molar-refractivity contribution in [1.82, 2.24) is 0 Å². The molecule has 100 valence electrons. The summed E-state index contributed by atoms with van der Waals surface area (Å²) in [5.74, 6) is 0.00747. The van der Waals surface area contributed by atoms with Crippen molar-refractivity contribution in [3.8, 4) is 5.75 Å². The van der Waals surface area contributed by atoms with Gasteiger partial charge in [-0.2, -0.15) is 0 Å². The van der Waals surface area contributed by atoms with Gasteiger partial charge in [0.15, 0.2) is 0 Å². The zero-order chi connectivity index (χ0) is 13.8. The van der Waals surface area contributed by atoms with Gasteiger partial charge in [0.25, 0.3) is 0 Å². The van der Waals surface area contributed by atoms with Crippen molar-refractivity contribution in [3.05, 3.63) is 51.9 Å². The standard InChI is InChI=1S/C14H13BrO4/c1-2-9-3-5-12(11(15)7-9)18-8-10-4-6-13(19-10)14(16)17/h3-7H,2,8H2,1H3,(H,16,17). The molecule has 0 saturated carbocycles. The number of halogens is 1. The Morgan fingerprint density at radius 2 is 2.16 bits per heavy atom. The van der Waals surface area contributed by atoms with Crippen LogP contribution in [0.25, 0.3) is 0 Å². The topological polar surface area (TPSA) is 59.7 Å². The van der Waals surface area contributed by atoms with Crippen molar-refractivity contribution in [2.75, 3.05) is 0 Å². The van der Waals surface area contributed by atoms with Gasteiger partial charge in [-0.15, -0.1) is 0 Å². The van der Waals surface area contributed by atoms with Crippen LogP contribution in [0.5, 0.6) is 5.75 Å². The fourth-order valence-corrected chi connectivity index (χ4v) is 2.14. The number of benzene rings is 1. The maximum atomic E-state index is 10.7. The van der Waals surface area contributed by atoms with E-state index in [2.05, 4.69) is 22.9 Å². The lowest BCUT2D eigenvalue weighted by Crippen LogP contribution is -1.96. The van der Waals surface area contributed by atoms with E-state index < -0.39 is 5.97 Å². The molecule has 0 radical (unpaired) electrons. The van der Waals surface area contributed by atoms with Crippen LogP contribution in [0.15, 0.2) is 39.2 Å². The number of hydrogen-bond donors (Lipinski definition) is 1. The van der Waals surface area contributed by atoms with E-state index in [1.807, 2.05) is 18.2 Å². The number of carboxylic acids is 1. The van der Waals surface area contributed by atoms with Crippen LogP contribution in [0.4, 0.5) is 0 Å². The van der Waals surface area contributed by atoms with Gasteiger partial charge in [-0.3, -0.25) is 0 Å². The lowest BCUT2D eigenvalue weighted by Gasteiger charge is -2.07. The highest BCUT2D eigenvalue weighted by Crippen LogP contribution is 2.27. The molecule has 0 fully saturated rings. The molecule has 0 spiro atoms. The number of carbonyl (C=O) groups is 1. The third-order valence-electron chi connectivity index (χ3n) is 2.65. The number of carboxylic acid groups (broad SMARTS) is 1. The summed E-state index contributed by atoms with van der Waals surface area (Å²) in [5.41, 5.74) is 1.21. The van der Waals surface area contributed by atoms with E-state index in [4.69, 9.17) is 14.3 Å².